The maximum absolute atomic E-state index is 10.1. The van der Waals surface area contributed by atoms with Gasteiger partial charge in [-0.2, -0.15) is 0 Å². The van der Waals surface area contributed by atoms with Crippen LogP contribution in [-0.4, -0.2) is 54.4 Å². The molecule has 1 aromatic carbocycles. The monoisotopic (exact) mass is 338 g/mol. The van der Waals surface area contributed by atoms with E-state index in [0.717, 1.165) is 45.4 Å². The van der Waals surface area contributed by atoms with E-state index < -0.39 is 0 Å². The van der Waals surface area contributed by atoms with Crippen molar-refractivity contribution in [2.45, 2.75) is 25.1 Å². The van der Waals surface area contributed by atoms with E-state index in [-0.39, 0.29) is 6.10 Å². The Kier molecular flexibility index (Phi) is 6.60. The second-order valence-electron chi connectivity index (χ2n) is 6.60. The van der Waals surface area contributed by atoms with Crippen LogP contribution in [0.5, 0.6) is 0 Å². The quantitative estimate of drug-likeness (QED) is 0.331. The SMILES string of the molecule is O=C/C=C/C=C\C=C/OC1CC2CN(Cc3ccccc3)CCN2C1. The van der Waals surface area contributed by atoms with Gasteiger partial charge in [0.15, 0.2) is 0 Å². The molecule has 2 fully saturated rings. The average Bonchev–Trinajstić information content (AvgIpc) is 3.04. The molecule has 2 atom stereocenters. The van der Waals surface area contributed by atoms with Crippen molar-refractivity contribution in [2.24, 2.45) is 0 Å². The summed E-state index contributed by atoms with van der Waals surface area (Å²) >= 11 is 0. The van der Waals surface area contributed by atoms with Crippen LogP contribution >= 0.6 is 0 Å². The van der Waals surface area contributed by atoms with Gasteiger partial charge in [0.05, 0.1) is 6.26 Å². The van der Waals surface area contributed by atoms with E-state index in [1.165, 1.54) is 11.6 Å². The van der Waals surface area contributed by atoms with Gasteiger partial charge in [-0.15, -0.1) is 0 Å². The van der Waals surface area contributed by atoms with E-state index in [1.54, 1.807) is 12.3 Å². The summed E-state index contributed by atoms with van der Waals surface area (Å²) < 4.78 is 5.87. The number of benzene rings is 1. The number of hydrogen-bond donors (Lipinski definition) is 0. The molecule has 0 aromatic heterocycles. The number of aldehydes is 1. The first kappa shape index (κ1) is 17.6. The molecule has 0 spiro atoms. The number of ether oxygens (including phenoxy) is 1. The molecule has 25 heavy (non-hydrogen) atoms. The molecule has 0 amide bonds. The van der Waals surface area contributed by atoms with Crippen LogP contribution in [0.2, 0.25) is 0 Å². The zero-order valence-corrected chi connectivity index (χ0v) is 14.5. The minimum atomic E-state index is 0.275. The number of fused-ring (bicyclic) bond motifs is 1. The van der Waals surface area contributed by atoms with Gasteiger partial charge in [-0.25, -0.2) is 0 Å². The number of piperazine rings is 1. The summed E-state index contributed by atoms with van der Waals surface area (Å²) in [7, 11) is 0. The molecular formula is C21H26N2O2. The van der Waals surface area contributed by atoms with Gasteiger partial charge in [-0.1, -0.05) is 48.6 Å². The van der Waals surface area contributed by atoms with Crippen LogP contribution in [0.15, 0.2) is 67.0 Å². The standard InChI is InChI=1S/C21H26N2O2/c24-13-7-2-1-3-8-14-25-21-15-20-17-22(11-12-23(20)18-21)16-19-9-5-4-6-10-19/h1-10,13-14,20-21H,11-12,15-18H2/b3-1-,7-2+,14-8-. The third kappa shape index (κ3) is 5.41. The Morgan fingerprint density at radius 2 is 1.80 bits per heavy atom. The summed E-state index contributed by atoms with van der Waals surface area (Å²) in [5.41, 5.74) is 1.39. The van der Waals surface area contributed by atoms with Crippen molar-refractivity contribution in [3.63, 3.8) is 0 Å². The molecule has 1 aromatic rings. The summed E-state index contributed by atoms with van der Waals surface area (Å²) in [6.45, 7) is 5.42. The van der Waals surface area contributed by atoms with Crippen LogP contribution in [0.4, 0.5) is 0 Å². The lowest BCUT2D eigenvalue weighted by atomic mass is 10.1. The normalized spacial score (nSPS) is 25.1. The molecule has 0 aliphatic carbocycles. The first-order valence-corrected chi connectivity index (χ1v) is 8.94. The third-order valence-corrected chi connectivity index (χ3v) is 4.78. The van der Waals surface area contributed by atoms with Gasteiger partial charge in [0.1, 0.15) is 12.4 Å². The second-order valence-corrected chi connectivity index (χ2v) is 6.60. The van der Waals surface area contributed by atoms with Crippen molar-refractivity contribution >= 4 is 6.29 Å². The van der Waals surface area contributed by atoms with E-state index in [0.29, 0.717) is 6.04 Å². The molecule has 4 heteroatoms. The largest absolute Gasteiger partial charge is 0.497 e. The van der Waals surface area contributed by atoms with E-state index in [9.17, 15) is 4.79 Å². The van der Waals surface area contributed by atoms with Gasteiger partial charge in [0, 0.05) is 45.2 Å². The van der Waals surface area contributed by atoms with Crippen LogP contribution in [0.25, 0.3) is 0 Å². The van der Waals surface area contributed by atoms with Gasteiger partial charge < -0.3 is 4.74 Å². The Hall–Kier alpha value is -2.17. The number of allylic oxidation sites excluding steroid dienone is 5. The molecule has 2 heterocycles. The lowest BCUT2D eigenvalue weighted by molar-refractivity contribution is -0.104. The average molecular weight is 338 g/mol. The summed E-state index contributed by atoms with van der Waals surface area (Å²) in [5, 5.41) is 0. The van der Waals surface area contributed by atoms with Crippen molar-refractivity contribution in [1.82, 2.24) is 9.80 Å². The fourth-order valence-electron chi connectivity index (χ4n) is 3.58. The van der Waals surface area contributed by atoms with Crippen LogP contribution in [-0.2, 0) is 16.1 Å². The molecule has 2 saturated heterocycles. The Morgan fingerprint density at radius 3 is 2.64 bits per heavy atom. The van der Waals surface area contributed by atoms with Crippen LogP contribution in [0.1, 0.15) is 12.0 Å². The maximum Gasteiger partial charge on any atom is 0.142 e. The van der Waals surface area contributed by atoms with E-state index >= 15 is 0 Å². The van der Waals surface area contributed by atoms with Crippen molar-refractivity contribution in [1.29, 1.82) is 0 Å². The Morgan fingerprint density at radius 1 is 1.00 bits per heavy atom. The zero-order valence-electron chi connectivity index (χ0n) is 14.5. The fourth-order valence-corrected chi connectivity index (χ4v) is 3.58. The highest BCUT2D eigenvalue weighted by Crippen LogP contribution is 2.25. The minimum absolute atomic E-state index is 0.275. The van der Waals surface area contributed by atoms with Crippen LogP contribution in [0.3, 0.4) is 0 Å². The third-order valence-electron chi connectivity index (χ3n) is 4.78. The first-order valence-electron chi connectivity index (χ1n) is 8.94. The van der Waals surface area contributed by atoms with Gasteiger partial charge >= 0.3 is 0 Å². The van der Waals surface area contributed by atoms with Crippen molar-refractivity contribution in [2.75, 3.05) is 26.2 Å². The number of rotatable bonds is 7. The van der Waals surface area contributed by atoms with Gasteiger partial charge in [-0.05, 0) is 17.7 Å². The summed E-state index contributed by atoms with van der Waals surface area (Å²) in [6.07, 6.45) is 12.6. The Balaban J connectivity index is 1.42. The molecular weight excluding hydrogens is 312 g/mol. The number of hydrogen-bond acceptors (Lipinski definition) is 4. The fraction of sp³-hybridized carbons (Fsp3) is 0.381. The highest BCUT2D eigenvalue weighted by atomic mass is 16.5. The Labute approximate surface area is 150 Å². The Bertz CT molecular complexity index is 624. The highest BCUT2D eigenvalue weighted by molar-refractivity contribution is 5.65. The van der Waals surface area contributed by atoms with E-state index in [2.05, 4.69) is 40.1 Å². The van der Waals surface area contributed by atoms with Gasteiger partial charge in [0.2, 0.25) is 0 Å². The van der Waals surface area contributed by atoms with Crippen LogP contribution in [0, 0.1) is 0 Å². The van der Waals surface area contributed by atoms with Crippen molar-refractivity contribution in [3.8, 4) is 0 Å². The van der Waals surface area contributed by atoms with Gasteiger partial charge in [0.25, 0.3) is 0 Å². The lowest BCUT2D eigenvalue weighted by Gasteiger charge is -2.37. The maximum atomic E-state index is 10.1. The zero-order chi connectivity index (χ0) is 17.3. The molecule has 0 N–H and O–H groups in total. The molecule has 2 aliphatic rings. The number of carbonyl (C=O) groups is 1. The minimum Gasteiger partial charge on any atom is -0.497 e. The second kappa shape index (κ2) is 9.35. The summed E-state index contributed by atoms with van der Waals surface area (Å²) in [5.74, 6) is 0. The van der Waals surface area contributed by atoms with Crippen molar-refractivity contribution < 1.29 is 9.53 Å². The number of nitrogens with zero attached hydrogens (tertiary/aromatic N) is 2. The molecule has 0 radical (unpaired) electrons. The molecule has 2 unspecified atom stereocenters. The predicted octanol–water partition coefficient (Wildman–Crippen LogP) is 2.79. The highest BCUT2D eigenvalue weighted by Gasteiger charge is 2.36. The molecule has 0 saturated carbocycles. The van der Waals surface area contributed by atoms with Crippen LogP contribution < -0.4 is 0 Å². The number of carbonyl (C=O) groups excluding carboxylic acids is 1. The first-order chi connectivity index (χ1) is 12.3. The molecule has 4 nitrogen and oxygen atoms in total. The summed E-state index contributed by atoms with van der Waals surface area (Å²) in [4.78, 5) is 15.3. The molecule has 3 rings (SSSR count). The predicted molar refractivity (Wildman–Crippen MR) is 100 cm³/mol. The molecule has 132 valence electrons. The van der Waals surface area contributed by atoms with E-state index in [4.69, 9.17) is 4.74 Å². The van der Waals surface area contributed by atoms with E-state index in [1.807, 2.05) is 18.2 Å². The van der Waals surface area contributed by atoms with Crippen molar-refractivity contribution in [3.05, 3.63) is 72.5 Å². The van der Waals surface area contributed by atoms with Gasteiger partial charge in [-0.3, -0.25) is 14.6 Å². The smallest absolute Gasteiger partial charge is 0.142 e. The topological polar surface area (TPSA) is 32.8 Å². The lowest BCUT2D eigenvalue weighted by Crippen LogP contribution is -2.49. The molecule has 0 bridgehead atoms. The summed E-state index contributed by atoms with van der Waals surface area (Å²) in [6, 6.07) is 11.3. The molecule has 2 aliphatic heterocycles.